The Morgan fingerprint density at radius 1 is 1.07 bits per heavy atom. The van der Waals surface area contributed by atoms with E-state index in [2.05, 4.69) is 21.2 Å². The summed E-state index contributed by atoms with van der Waals surface area (Å²) in [5.74, 6) is -0.501. The van der Waals surface area contributed by atoms with Gasteiger partial charge in [0.05, 0.1) is 18.5 Å². The highest BCUT2D eigenvalue weighted by atomic mass is 79.9. The molecule has 0 radical (unpaired) electrons. The predicted octanol–water partition coefficient (Wildman–Crippen LogP) is 4.86. The molecule has 0 aliphatic rings. The van der Waals surface area contributed by atoms with Crippen molar-refractivity contribution in [3.05, 3.63) is 94.6 Å². The molecule has 148 valence electrons. The number of hydrogen-bond donors (Lipinski definition) is 1. The molecule has 0 bridgehead atoms. The van der Waals surface area contributed by atoms with Gasteiger partial charge in [-0.25, -0.2) is 4.39 Å². The van der Waals surface area contributed by atoms with Crippen LogP contribution in [0.4, 0.5) is 10.1 Å². The van der Waals surface area contributed by atoms with Crippen molar-refractivity contribution in [1.29, 1.82) is 0 Å². The summed E-state index contributed by atoms with van der Waals surface area (Å²) in [4.78, 5) is 26.6. The second kappa shape index (κ2) is 9.84. The number of anilines is 1. The number of carbonyl (C=O) groups excluding carboxylic acids is 2. The number of para-hydroxylation sites is 1. The van der Waals surface area contributed by atoms with E-state index in [-0.39, 0.29) is 30.7 Å². The highest BCUT2D eigenvalue weighted by Gasteiger charge is 2.17. The van der Waals surface area contributed by atoms with Gasteiger partial charge in [0.1, 0.15) is 18.1 Å². The topological polar surface area (TPSA) is 62.6 Å². The number of furan rings is 1. The molecule has 1 heterocycles. The average Bonchev–Trinajstić information content (AvgIpc) is 3.22. The van der Waals surface area contributed by atoms with E-state index in [9.17, 15) is 14.0 Å². The SMILES string of the molecule is O=C(CN(Cc1ccco1)C(=O)/C=C/c1ccc(F)cc1)Nc1ccccc1Br. The van der Waals surface area contributed by atoms with E-state index in [1.165, 1.54) is 29.4 Å². The highest BCUT2D eigenvalue weighted by molar-refractivity contribution is 9.10. The molecule has 3 aromatic rings. The van der Waals surface area contributed by atoms with Crippen LogP contribution in [0.2, 0.25) is 0 Å². The molecule has 3 rings (SSSR count). The van der Waals surface area contributed by atoms with Gasteiger partial charge in [-0.1, -0.05) is 24.3 Å². The minimum Gasteiger partial charge on any atom is -0.467 e. The second-order valence-electron chi connectivity index (χ2n) is 6.19. The number of nitrogens with one attached hydrogen (secondary N) is 1. The number of halogens is 2. The molecule has 2 amide bonds. The van der Waals surface area contributed by atoms with Gasteiger partial charge in [-0.3, -0.25) is 9.59 Å². The Hall–Kier alpha value is -3.19. The van der Waals surface area contributed by atoms with Crippen LogP contribution in [0.5, 0.6) is 0 Å². The van der Waals surface area contributed by atoms with E-state index in [0.717, 1.165) is 4.47 Å². The molecule has 0 aliphatic carbocycles. The van der Waals surface area contributed by atoms with Crippen LogP contribution in [0.3, 0.4) is 0 Å². The van der Waals surface area contributed by atoms with E-state index >= 15 is 0 Å². The van der Waals surface area contributed by atoms with E-state index in [1.807, 2.05) is 12.1 Å². The zero-order valence-electron chi connectivity index (χ0n) is 15.3. The Balaban J connectivity index is 1.71. The van der Waals surface area contributed by atoms with Gasteiger partial charge in [0, 0.05) is 10.5 Å². The van der Waals surface area contributed by atoms with Gasteiger partial charge in [0.25, 0.3) is 0 Å². The van der Waals surface area contributed by atoms with Gasteiger partial charge in [0.2, 0.25) is 11.8 Å². The zero-order chi connectivity index (χ0) is 20.6. The van der Waals surface area contributed by atoms with Crippen LogP contribution in [-0.4, -0.2) is 23.3 Å². The maximum Gasteiger partial charge on any atom is 0.247 e. The van der Waals surface area contributed by atoms with Gasteiger partial charge >= 0.3 is 0 Å². The number of amides is 2. The predicted molar refractivity (Wildman–Crippen MR) is 112 cm³/mol. The minimum absolute atomic E-state index is 0.142. The molecule has 5 nitrogen and oxygen atoms in total. The van der Waals surface area contributed by atoms with Crippen LogP contribution in [0.15, 0.2) is 81.9 Å². The van der Waals surface area contributed by atoms with E-state index in [0.29, 0.717) is 17.0 Å². The average molecular weight is 457 g/mol. The third-order valence-corrected chi connectivity index (χ3v) is 4.70. The normalized spacial score (nSPS) is 10.8. The van der Waals surface area contributed by atoms with Crippen LogP contribution in [0.25, 0.3) is 6.08 Å². The van der Waals surface area contributed by atoms with Crippen molar-refractivity contribution in [2.75, 3.05) is 11.9 Å². The van der Waals surface area contributed by atoms with Crippen LogP contribution < -0.4 is 5.32 Å². The molecule has 7 heteroatoms. The summed E-state index contributed by atoms with van der Waals surface area (Å²) in [6.07, 6.45) is 4.43. The lowest BCUT2D eigenvalue weighted by Gasteiger charge is -2.20. The fourth-order valence-corrected chi connectivity index (χ4v) is 2.96. The van der Waals surface area contributed by atoms with Crippen molar-refractivity contribution >= 4 is 39.5 Å². The molecule has 0 aliphatic heterocycles. The molecule has 0 spiro atoms. The number of nitrogens with zero attached hydrogens (tertiary/aromatic N) is 1. The zero-order valence-corrected chi connectivity index (χ0v) is 16.9. The lowest BCUT2D eigenvalue weighted by atomic mass is 10.2. The first-order valence-corrected chi connectivity index (χ1v) is 9.60. The molecular formula is C22H18BrFN2O3. The fraction of sp³-hybridized carbons (Fsp3) is 0.0909. The molecule has 0 saturated carbocycles. The van der Waals surface area contributed by atoms with Crippen molar-refractivity contribution in [2.45, 2.75) is 6.54 Å². The summed E-state index contributed by atoms with van der Waals surface area (Å²) >= 11 is 3.38. The van der Waals surface area contributed by atoms with Crippen LogP contribution in [-0.2, 0) is 16.1 Å². The summed E-state index contributed by atoms with van der Waals surface area (Å²) in [7, 11) is 0. The molecule has 0 saturated heterocycles. The van der Waals surface area contributed by atoms with E-state index in [4.69, 9.17) is 4.42 Å². The largest absolute Gasteiger partial charge is 0.467 e. The number of benzene rings is 2. The fourth-order valence-electron chi connectivity index (χ4n) is 2.57. The first-order valence-electron chi connectivity index (χ1n) is 8.80. The highest BCUT2D eigenvalue weighted by Crippen LogP contribution is 2.21. The van der Waals surface area contributed by atoms with Gasteiger partial charge in [-0.05, 0) is 64.0 Å². The maximum absolute atomic E-state index is 13.0. The summed E-state index contributed by atoms with van der Waals surface area (Å²) in [6, 6.07) is 16.4. The number of rotatable bonds is 7. The Bertz CT molecular complexity index is 1000. The van der Waals surface area contributed by atoms with Crippen LogP contribution >= 0.6 is 15.9 Å². The molecule has 29 heavy (non-hydrogen) atoms. The molecule has 0 fully saturated rings. The van der Waals surface area contributed by atoms with Crippen molar-refractivity contribution in [1.82, 2.24) is 4.90 Å². The second-order valence-corrected chi connectivity index (χ2v) is 7.04. The first-order chi connectivity index (χ1) is 14.0. The van der Waals surface area contributed by atoms with E-state index in [1.54, 1.807) is 42.5 Å². The number of carbonyl (C=O) groups is 2. The minimum atomic E-state index is -0.368. The summed E-state index contributed by atoms with van der Waals surface area (Å²) in [5, 5.41) is 2.78. The van der Waals surface area contributed by atoms with Crippen molar-refractivity contribution in [3.63, 3.8) is 0 Å². The van der Waals surface area contributed by atoms with Gasteiger partial charge in [0.15, 0.2) is 0 Å². The van der Waals surface area contributed by atoms with Crippen molar-refractivity contribution in [2.24, 2.45) is 0 Å². The molecule has 0 atom stereocenters. The Kier molecular flexibility index (Phi) is 6.97. The lowest BCUT2D eigenvalue weighted by Crippen LogP contribution is -2.36. The summed E-state index contributed by atoms with van der Waals surface area (Å²) in [5.41, 5.74) is 1.29. The first kappa shape index (κ1) is 20.5. The molecule has 1 aromatic heterocycles. The molecule has 0 unspecified atom stereocenters. The third-order valence-electron chi connectivity index (χ3n) is 4.01. The monoisotopic (exact) mass is 456 g/mol. The molecule has 1 N–H and O–H groups in total. The number of hydrogen-bond acceptors (Lipinski definition) is 3. The van der Waals surface area contributed by atoms with E-state index < -0.39 is 0 Å². The van der Waals surface area contributed by atoms with Crippen LogP contribution in [0, 0.1) is 5.82 Å². The van der Waals surface area contributed by atoms with Crippen molar-refractivity contribution in [3.8, 4) is 0 Å². The van der Waals surface area contributed by atoms with Gasteiger partial charge in [-0.2, -0.15) is 0 Å². The smallest absolute Gasteiger partial charge is 0.247 e. The summed E-state index contributed by atoms with van der Waals surface area (Å²) in [6.45, 7) is -0.0163. The standard InChI is InChI=1S/C22H18BrFN2O3/c23-19-5-1-2-6-20(19)25-21(27)15-26(14-18-4-3-13-29-18)22(28)12-9-16-7-10-17(24)11-8-16/h1-13H,14-15H2,(H,25,27)/b12-9+. The van der Waals surface area contributed by atoms with Gasteiger partial charge < -0.3 is 14.6 Å². The van der Waals surface area contributed by atoms with Crippen molar-refractivity contribution < 1.29 is 18.4 Å². The Morgan fingerprint density at radius 3 is 2.52 bits per heavy atom. The Labute approximate surface area is 176 Å². The Morgan fingerprint density at radius 2 is 1.83 bits per heavy atom. The lowest BCUT2D eigenvalue weighted by molar-refractivity contribution is -0.131. The van der Waals surface area contributed by atoms with Crippen LogP contribution in [0.1, 0.15) is 11.3 Å². The maximum atomic E-state index is 13.0. The third kappa shape index (κ3) is 6.15. The quantitative estimate of drug-likeness (QED) is 0.516. The van der Waals surface area contributed by atoms with Gasteiger partial charge in [-0.15, -0.1) is 0 Å². The summed E-state index contributed by atoms with van der Waals surface area (Å²) < 4.78 is 19.1. The molecule has 2 aromatic carbocycles. The molecular weight excluding hydrogens is 439 g/mol.